The van der Waals surface area contributed by atoms with Gasteiger partial charge in [-0.25, -0.2) is 0 Å². The van der Waals surface area contributed by atoms with E-state index >= 15 is 0 Å². The first-order valence-electron chi connectivity index (χ1n) is 5.23. The molecule has 1 rings (SSSR count). The van der Waals surface area contributed by atoms with Gasteiger partial charge >= 0.3 is 0 Å². The largest absolute Gasteiger partial charge is 0.352 e. The highest BCUT2D eigenvalue weighted by Gasteiger charge is 2.07. The maximum absolute atomic E-state index is 11.7. The van der Waals surface area contributed by atoms with Crippen LogP contribution in [0, 0.1) is 9.49 Å². The molecular formula is C12H15BrINO. The molecule has 1 N–H and O–H groups in total. The number of amides is 1. The fourth-order valence-corrected chi connectivity index (χ4v) is 2.40. The predicted octanol–water partition coefficient (Wildman–Crippen LogP) is 3.44. The van der Waals surface area contributed by atoms with Crippen LogP contribution in [0.2, 0.25) is 0 Å². The number of alkyl halides is 1. The number of carbonyl (C=O) groups excluding carboxylic acids is 1. The molecule has 1 aromatic rings. The van der Waals surface area contributed by atoms with Crippen molar-refractivity contribution < 1.29 is 4.79 Å². The highest BCUT2D eigenvalue weighted by molar-refractivity contribution is 14.1. The number of rotatable bonds is 5. The van der Waals surface area contributed by atoms with Gasteiger partial charge in [0.25, 0.3) is 5.91 Å². The Balaban J connectivity index is 2.43. The van der Waals surface area contributed by atoms with Gasteiger partial charge < -0.3 is 5.32 Å². The summed E-state index contributed by atoms with van der Waals surface area (Å²) in [6.07, 6.45) is 1.08. The van der Waals surface area contributed by atoms with Gasteiger partial charge in [0, 0.05) is 21.0 Å². The van der Waals surface area contributed by atoms with E-state index in [2.05, 4.69) is 50.8 Å². The molecule has 0 saturated carbocycles. The second-order valence-electron chi connectivity index (χ2n) is 3.80. The number of halogens is 2. The van der Waals surface area contributed by atoms with Crippen LogP contribution in [0.1, 0.15) is 23.7 Å². The summed E-state index contributed by atoms with van der Waals surface area (Å²) >= 11 is 5.62. The minimum atomic E-state index is 0.0119. The maximum atomic E-state index is 11.7. The minimum Gasteiger partial charge on any atom is -0.352 e. The quantitative estimate of drug-likeness (QED) is 0.600. The Morgan fingerprint density at radius 1 is 1.44 bits per heavy atom. The fraction of sp³-hybridized carbons (Fsp3) is 0.417. The van der Waals surface area contributed by atoms with Gasteiger partial charge in [0.15, 0.2) is 0 Å². The van der Waals surface area contributed by atoms with E-state index < -0.39 is 0 Å². The Morgan fingerprint density at radius 3 is 2.62 bits per heavy atom. The molecule has 16 heavy (non-hydrogen) atoms. The molecule has 0 bridgehead atoms. The molecule has 0 aliphatic heterocycles. The Morgan fingerprint density at radius 2 is 2.06 bits per heavy atom. The van der Waals surface area contributed by atoms with Crippen molar-refractivity contribution in [2.24, 2.45) is 5.92 Å². The van der Waals surface area contributed by atoms with Crippen LogP contribution < -0.4 is 5.32 Å². The number of benzene rings is 1. The lowest BCUT2D eigenvalue weighted by Gasteiger charge is -2.11. The zero-order valence-corrected chi connectivity index (χ0v) is 12.9. The number of hydrogen-bond acceptors (Lipinski definition) is 1. The third-order valence-corrected chi connectivity index (χ3v) is 3.50. The molecular weight excluding hydrogens is 381 g/mol. The molecule has 2 nitrogen and oxygen atoms in total. The molecule has 0 spiro atoms. The van der Waals surface area contributed by atoms with Crippen LogP contribution in [0.3, 0.4) is 0 Å². The monoisotopic (exact) mass is 395 g/mol. The lowest BCUT2D eigenvalue weighted by atomic mass is 10.1. The van der Waals surface area contributed by atoms with Crippen LogP contribution in [0.15, 0.2) is 24.3 Å². The number of carbonyl (C=O) groups is 1. The molecule has 0 radical (unpaired) electrons. The summed E-state index contributed by atoms with van der Waals surface area (Å²) in [5.41, 5.74) is 0.728. The normalized spacial score (nSPS) is 12.2. The van der Waals surface area contributed by atoms with Crippen LogP contribution in [0.4, 0.5) is 0 Å². The summed E-state index contributed by atoms with van der Waals surface area (Å²) in [6.45, 7) is 2.87. The third kappa shape index (κ3) is 4.82. The van der Waals surface area contributed by atoms with E-state index in [4.69, 9.17) is 0 Å². The summed E-state index contributed by atoms with van der Waals surface area (Å²) in [5.74, 6) is 0.519. The lowest BCUT2D eigenvalue weighted by molar-refractivity contribution is 0.0948. The Kier molecular flexibility index (Phi) is 6.34. The van der Waals surface area contributed by atoms with Crippen LogP contribution in [-0.2, 0) is 0 Å². The first-order valence-corrected chi connectivity index (χ1v) is 7.43. The second kappa shape index (κ2) is 7.27. The average Bonchev–Trinajstić information content (AvgIpc) is 2.27. The van der Waals surface area contributed by atoms with Crippen molar-refractivity contribution in [3.05, 3.63) is 33.4 Å². The van der Waals surface area contributed by atoms with Crippen LogP contribution >= 0.6 is 38.5 Å². The first-order chi connectivity index (χ1) is 7.63. The fourth-order valence-electron chi connectivity index (χ4n) is 1.26. The molecule has 1 atom stereocenters. The molecule has 4 heteroatoms. The van der Waals surface area contributed by atoms with E-state index in [-0.39, 0.29) is 5.91 Å². The van der Waals surface area contributed by atoms with Crippen LogP contribution in [-0.4, -0.2) is 17.8 Å². The van der Waals surface area contributed by atoms with Crippen molar-refractivity contribution in [1.29, 1.82) is 0 Å². The predicted molar refractivity (Wildman–Crippen MR) is 79.1 cm³/mol. The second-order valence-corrected chi connectivity index (χ2v) is 5.84. The molecule has 0 aliphatic rings. The van der Waals surface area contributed by atoms with Gasteiger partial charge in [0.1, 0.15) is 0 Å². The summed E-state index contributed by atoms with van der Waals surface area (Å²) in [6, 6.07) is 7.59. The first kappa shape index (κ1) is 14.0. The van der Waals surface area contributed by atoms with Crippen molar-refractivity contribution in [1.82, 2.24) is 5.32 Å². The Bertz CT molecular complexity index is 339. The molecule has 1 unspecified atom stereocenters. The Hall–Kier alpha value is -0.100. The molecule has 0 heterocycles. The van der Waals surface area contributed by atoms with Crippen molar-refractivity contribution in [3.63, 3.8) is 0 Å². The van der Waals surface area contributed by atoms with Crippen molar-refractivity contribution in [2.75, 3.05) is 11.9 Å². The minimum absolute atomic E-state index is 0.0119. The molecule has 1 aromatic carbocycles. The van der Waals surface area contributed by atoms with Crippen molar-refractivity contribution in [2.45, 2.75) is 13.3 Å². The summed E-state index contributed by atoms with van der Waals surface area (Å²) in [4.78, 5) is 11.7. The van der Waals surface area contributed by atoms with Gasteiger partial charge in [0.2, 0.25) is 0 Å². The van der Waals surface area contributed by atoms with E-state index in [0.29, 0.717) is 5.92 Å². The van der Waals surface area contributed by atoms with Gasteiger partial charge in [0.05, 0.1) is 0 Å². The van der Waals surface area contributed by atoms with Crippen LogP contribution in [0.5, 0.6) is 0 Å². The van der Waals surface area contributed by atoms with Crippen LogP contribution in [0.25, 0.3) is 0 Å². The van der Waals surface area contributed by atoms with Crippen molar-refractivity contribution >= 4 is 44.4 Å². The SMILES string of the molecule is CC(CCBr)CNC(=O)c1ccc(I)cc1. The zero-order chi connectivity index (χ0) is 12.0. The highest BCUT2D eigenvalue weighted by Crippen LogP contribution is 2.07. The summed E-state index contributed by atoms with van der Waals surface area (Å²) in [7, 11) is 0. The lowest BCUT2D eigenvalue weighted by Crippen LogP contribution is -2.28. The van der Waals surface area contributed by atoms with Gasteiger partial charge in [-0.15, -0.1) is 0 Å². The third-order valence-electron chi connectivity index (χ3n) is 2.32. The van der Waals surface area contributed by atoms with Gasteiger partial charge in [-0.1, -0.05) is 22.9 Å². The van der Waals surface area contributed by atoms with Gasteiger partial charge in [-0.2, -0.15) is 0 Å². The molecule has 0 saturated heterocycles. The molecule has 1 amide bonds. The van der Waals surface area contributed by atoms with E-state index in [9.17, 15) is 4.79 Å². The van der Waals surface area contributed by atoms with Gasteiger partial charge in [-0.05, 0) is 59.2 Å². The van der Waals surface area contributed by atoms with Gasteiger partial charge in [-0.3, -0.25) is 4.79 Å². The van der Waals surface area contributed by atoms with E-state index in [1.54, 1.807) is 0 Å². The molecule has 0 fully saturated rings. The summed E-state index contributed by atoms with van der Waals surface area (Å²) in [5, 5.41) is 3.92. The Labute approximate surface area is 118 Å². The topological polar surface area (TPSA) is 29.1 Å². The number of nitrogens with one attached hydrogen (secondary N) is 1. The van der Waals surface area contributed by atoms with E-state index in [1.165, 1.54) is 0 Å². The smallest absolute Gasteiger partial charge is 0.251 e. The highest BCUT2D eigenvalue weighted by atomic mass is 127. The number of hydrogen-bond donors (Lipinski definition) is 1. The molecule has 88 valence electrons. The van der Waals surface area contributed by atoms with E-state index in [1.807, 2.05) is 24.3 Å². The zero-order valence-electron chi connectivity index (χ0n) is 9.17. The van der Waals surface area contributed by atoms with Crippen molar-refractivity contribution in [3.8, 4) is 0 Å². The summed E-state index contributed by atoms with van der Waals surface area (Å²) < 4.78 is 1.14. The average molecular weight is 396 g/mol. The maximum Gasteiger partial charge on any atom is 0.251 e. The standard InChI is InChI=1S/C12H15BrINO/c1-9(6-7-13)8-15-12(16)10-2-4-11(14)5-3-10/h2-5,9H,6-8H2,1H3,(H,15,16). The molecule has 0 aliphatic carbocycles. The molecule has 0 aromatic heterocycles. The van der Waals surface area contributed by atoms with E-state index in [0.717, 1.165) is 27.4 Å².